The lowest BCUT2D eigenvalue weighted by Gasteiger charge is -2.25. The molecule has 3 aromatic carbocycles. The van der Waals surface area contributed by atoms with Gasteiger partial charge in [0.1, 0.15) is 0 Å². The molecule has 0 heterocycles. The molecule has 0 aliphatic carbocycles. The summed E-state index contributed by atoms with van der Waals surface area (Å²) >= 11 is 5.99. The molecule has 0 radical (unpaired) electrons. The number of primary amides is 1. The molecule has 7 heteroatoms. The molecule has 0 aliphatic heterocycles. The van der Waals surface area contributed by atoms with Crippen LogP contribution in [-0.2, 0) is 22.3 Å². The Hall–Kier alpha value is -2.83. The van der Waals surface area contributed by atoms with Gasteiger partial charge in [-0.05, 0) is 72.5 Å². The van der Waals surface area contributed by atoms with Crippen molar-refractivity contribution in [1.29, 1.82) is 0 Å². The summed E-state index contributed by atoms with van der Waals surface area (Å²) in [7, 11) is -3.70. The number of carbonyl (C=O) groups is 1. The average molecular weight is 443 g/mol. The number of nitrogens with zero attached hydrogens (tertiary/aromatic N) is 1. The first kappa shape index (κ1) is 21.9. The largest absolute Gasteiger partial charge is 0.366 e. The highest BCUT2D eigenvalue weighted by atomic mass is 35.5. The van der Waals surface area contributed by atoms with E-state index < -0.39 is 15.9 Å². The van der Waals surface area contributed by atoms with E-state index in [9.17, 15) is 13.2 Å². The van der Waals surface area contributed by atoms with Crippen molar-refractivity contribution in [3.8, 4) is 0 Å². The highest BCUT2D eigenvalue weighted by molar-refractivity contribution is 7.92. The summed E-state index contributed by atoms with van der Waals surface area (Å²) < 4.78 is 28.1. The van der Waals surface area contributed by atoms with Crippen molar-refractivity contribution in [2.24, 2.45) is 5.73 Å². The molecule has 30 heavy (non-hydrogen) atoms. The maximum Gasteiger partial charge on any atom is 0.248 e. The number of hydrogen-bond acceptors (Lipinski definition) is 3. The van der Waals surface area contributed by atoms with Gasteiger partial charge in [0.2, 0.25) is 15.9 Å². The van der Waals surface area contributed by atoms with Crippen LogP contribution >= 0.6 is 11.6 Å². The molecule has 0 aromatic heterocycles. The number of nitrogens with two attached hydrogens (primary N) is 1. The molecule has 0 saturated heterocycles. The SMILES string of the molecule is Cc1ccc(CS(=O)(=O)N(Cc2ccc(C(N)=O)cc2)c2ccc(Cl)cc2)cc1C. The van der Waals surface area contributed by atoms with Gasteiger partial charge in [0.15, 0.2) is 0 Å². The molecule has 0 aliphatic rings. The van der Waals surface area contributed by atoms with E-state index in [0.717, 1.165) is 22.3 Å². The van der Waals surface area contributed by atoms with Crippen LogP contribution < -0.4 is 10.0 Å². The van der Waals surface area contributed by atoms with Gasteiger partial charge in [-0.15, -0.1) is 0 Å². The minimum Gasteiger partial charge on any atom is -0.366 e. The fraction of sp³-hybridized carbons (Fsp3) is 0.174. The highest BCUT2D eigenvalue weighted by Gasteiger charge is 2.24. The summed E-state index contributed by atoms with van der Waals surface area (Å²) in [5.41, 5.74) is 9.79. The second kappa shape index (κ2) is 8.90. The van der Waals surface area contributed by atoms with Crippen LogP contribution in [0.15, 0.2) is 66.7 Å². The van der Waals surface area contributed by atoms with E-state index in [2.05, 4.69) is 0 Å². The normalized spacial score (nSPS) is 11.3. The lowest BCUT2D eigenvalue weighted by molar-refractivity contribution is 0.100. The first-order chi connectivity index (χ1) is 14.2. The Balaban J connectivity index is 1.96. The minimum absolute atomic E-state index is 0.119. The molecule has 0 unspecified atom stereocenters. The molecular weight excluding hydrogens is 420 g/mol. The molecule has 0 saturated carbocycles. The van der Waals surface area contributed by atoms with Crippen LogP contribution in [0.5, 0.6) is 0 Å². The van der Waals surface area contributed by atoms with Gasteiger partial charge < -0.3 is 5.73 Å². The Morgan fingerprint density at radius 2 is 1.50 bits per heavy atom. The summed E-state index contributed by atoms with van der Waals surface area (Å²) in [4.78, 5) is 11.3. The number of anilines is 1. The monoisotopic (exact) mass is 442 g/mol. The van der Waals surface area contributed by atoms with E-state index >= 15 is 0 Å². The predicted molar refractivity (Wildman–Crippen MR) is 121 cm³/mol. The second-order valence-corrected chi connectivity index (χ2v) is 9.55. The summed E-state index contributed by atoms with van der Waals surface area (Å²) in [6, 6.07) is 18.9. The van der Waals surface area contributed by atoms with Crippen LogP contribution in [0.4, 0.5) is 5.69 Å². The number of benzene rings is 3. The smallest absolute Gasteiger partial charge is 0.248 e. The van der Waals surface area contributed by atoms with Gasteiger partial charge in [0.25, 0.3) is 0 Å². The van der Waals surface area contributed by atoms with E-state index in [1.54, 1.807) is 48.5 Å². The zero-order valence-corrected chi connectivity index (χ0v) is 18.4. The molecule has 3 aromatic rings. The summed E-state index contributed by atoms with van der Waals surface area (Å²) in [6.07, 6.45) is 0. The van der Waals surface area contributed by atoms with Crippen molar-refractivity contribution in [2.45, 2.75) is 26.1 Å². The topological polar surface area (TPSA) is 80.5 Å². The number of rotatable bonds is 7. The van der Waals surface area contributed by atoms with Gasteiger partial charge in [-0.3, -0.25) is 9.10 Å². The van der Waals surface area contributed by atoms with Gasteiger partial charge in [0.05, 0.1) is 18.0 Å². The number of halogens is 1. The number of sulfonamides is 1. The highest BCUT2D eigenvalue weighted by Crippen LogP contribution is 2.26. The Labute approximate surface area is 182 Å². The molecule has 0 spiro atoms. The third-order valence-electron chi connectivity index (χ3n) is 4.94. The second-order valence-electron chi connectivity index (χ2n) is 7.22. The molecule has 3 rings (SSSR count). The third kappa shape index (κ3) is 5.20. The van der Waals surface area contributed by atoms with Crippen molar-refractivity contribution >= 4 is 33.2 Å². The van der Waals surface area contributed by atoms with Gasteiger partial charge in [-0.25, -0.2) is 8.42 Å². The Bertz CT molecular complexity index is 1160. The number of hydrogen-bond donors (Lipinski definition) is 1. The summed E-state index contributed by atoms with van der Waals surface area (Å²) in [6.45, 7) is 4.07. The molecule has 2 N–H and O–H groups in total. The van der Waals surface area contributed by atoms with Crippen LogP contribution in [0, 0.1) is 13.8 Å². The molecular formula is C23H23ClN2O3S. The minimum atomic E-state index is -3.70. The van der Waals surface area contributed by atoms with Crippen molar-refractivity contribution in [3.05, 3.63) is 99.6 Å². The van der Waals surface area contributed by atoms with Crippen LogP contribution in [0.2, 0.25) is 5.02 Å². The first-order valence-corrected chi connectivity index (χ1v) is 11.4. The Morgan fingerprint density at radius 3 is 2.07 bits per heavy atom. The maximum absolute atomic E-state index is 13.4. The fourth-order valence-electron chi connectivity index (χ4n) is 3.08. The quantitative estimate of drug-likeness (QED) is 0.581. The summed E-state index contributed by atoms with van der Waals surface area (Å²) in [5.74, 6) is -0.658. The van der Waals surface area contributed by atoms with Crippen molar-refractivity contribution < 1.29 is 13.2 Å². The van der Waals surface area contributed by atoms with E-state index in [-0.39, 0.29) is 12.3 Å². The summed E-state index contributed by atoms with van der Waals surface area (Å²) in [5, 5.41) is 0.524. The van der Waals surface area contributed by atoms with Gasteiger partial charge in [0, 0.05) is 10.6 Å². The van der Waals surface area contributed by atoms with E-state index in [1.165, 1.54) is 4.31 Å². The predicted octanol–water partition coefficient (Wildman–Crippen LogP) is 4.59. The van der Waals surface area contributed by atoms with E-state index in [0.29, 0.717) is 16.3 Å². The fourth-order valence-corrected chi connectivity index (χ4v) is 4.75. The Kier molecular flexibility index (Phi) is 6.48. The zero-order valence-electron chi connectivity index (χ0n) is 16.8. The van der Waals surface area contributed by atoms with E-state index in [4.69, 9.17) is 17.3 Å². The van der Waals surface area contributed by atoms with Crippen LogP contribution in [0.25, 0.3) is 0 Å². The standard InChI is InChI=1S/C23H23ClN2O3S/c1-16-3-4-19(13-17(16)2)15-30(28,29)26(22-11-9-21(24)10-12-22)14-18-5-7-20(8-6-18)23(25)27/h3-13H,14-15H2,1-2H3,(H2,25,27). The molecule has 0 fully saturated rings. The molecule has 156 valence electrons. The lowest BCUT2D eigenvalue weighted by Crippen LogP contribution is -2.31. The average Bonchev–Trinajstić information content (AvgIpc) is 2.70. The van der Waals surface area contributed by atoms with Gasteiger partial charge in [-0.2, -0.15) is 0 Å². The first-order valence-electron chi connectivity index (χ1n) is 9.36. The van der Waals surface area contributed by atoms with Crippen molar-refractivity contribution in [2.75, 3.05) is 4.31 Å². The van der Waals surface area contributed by atoms with Crippen LogP contribution in [-0.4, -0.2) is 14.3 Å². The zero-order chi connectivity index (χ0) is 21.9. The number of carbonyl (C=O) groups excluding carboxylic acids is 1. The van der Waals surface area contributed by atoms with E-state index in [1.807, 2.05) is 32.0 Å². The molecule has 1 amide bonds. The number of amides is 1. The number of aryl methyl sites for hydroxylation is 2. The molecule has 0 bridgehead atoms. The molecule has 0 atom stereocenters. The maximum atomic E-state index is 13.4. The third-order valence-corrected chi connectivity index (χ3v) is 6.90. The van der Waals surface area contributed by atoms with Gasteiger partial charge >= 0.3 is 0 Å². The Morgan fingerprint density at radius 1 is 0.900 bits per heavy atom. The lowest BCUT2D eigenvalue weighted by atomic mass is 10.1. The molecule has 5 nitrogen and oxygen atoms in total. The van der Waals surface area contributed by atoms with Crippen LogP contribution in [0.3, 0.4) is 0 Å². The van der Waals surface area contributed by atoms with Crippen molar-refractivity contribution in [1.82, 2.24) is 0 Å². The van der Waals surface area contributed by atoms with Crippen molar-refractivity contribution in [3.63, 3.8) is 0 Å². The van der Waals surface area contributed by atoms with Crippen LogP contribution in [0.1, 0.15) is 32.6 Å². The van der Waals surface area contributed by atoms with Gasteiger partial charge in [-0.1, -0.05) is 41.9 Å².